The molecule has 0 spiro atoms. The number of methoxy groups -OCH3 is 1. The van der Waals surface area contributed by atoms with Crippen molar-refractivity contribution in [2.24, 2.45) is 23.7 Å². The monoisotopic (exact) mass is 239 g/mol. The number of ether oxygens (including phenoxy) is 1. The van der Waals surface area contributed by atoms with Gasteiger partial charge in [-0.25, -0.2) is 0 Å². The minimum Gasteiger partial charge on any atom is -0.385 e. The minimum absolute atomic E-state index is 0.727. The standard InChI is InChI=1S/C15H29NO/c1-4-16-15(11(2)7-8-17-3)14-10-12-5-6-13(14)9-12/h11-16H,4-10H2,1-3H3. The van der Waals surface area contributed by atoms with Crippen LogP contribution in [0.4, 0.5) is 0 Å². The van der Waals surface area contributed by atoms with Crippen LogP contribution in [0, 0.1) is 23.7 Å². The molecular weight excluding hydrogens is 210 g/mol. The molecular formula is C15H29NO. The van der Waals surface area contributed by atoms with Gasteiger partial charge in [0, 0.05) is 19.8 Å². The Morgan fingerprint density at radius 3 is 2.65 bits per heavy atom. The van der Waals surface area contributed by atoms with Crippen molar-refractivity contribution < 1.29 is 4.74 Å². The van der Waals surface area contributed by atoms with Gasteiger partial charge in [0.1, 0.15) is 0 Å². The lowest BCUT2D eigenvalue weighted by Gasteiger charge is -2.35. The van der Waals surface area contributed by atoms with Crippen LogP contribution >= 0.6 is 0 Å². The zero-order valence-electron chi connectivity index (χ0n) is 11.7. The van der Waals surface area contributed by atoms with Crippen LogP contribution in [0.3, 0.4) is 0 Å². The molecule has 100 valence electrons. The second-order valence-electron chi connectivity index (χ2n) is 6.18. The van der Waals surface area contributed by atoms with Crippen molar-refractivity contribution >= 4 is 0 Å². The van der Waals surface area contributed by atoms with E-state index in [-0.39, 0.29) is 0 Å². The summed E-state index contributed by atoms with van der Waals surface area (Å²) in [5.41, 5.74) is 0. The molecule has 0 aromatic heterocycles. The van der Waals surface area contributed by atoms with E-state index in [1.54, 1.807) is 0 Å². The molecule has 0 heterocycles. The normalized spacial score (nSPS) is 35.1. The second kappa shape index (κ2) is 6.19. The minimum atomic E-state index is 0.727. The van der Waals surface area contributed by atoms with Gasteiger partial charge in [-0.15, -0.1) is 0 Å². The first-order chi connectivity index (χ1) is 8.26. The third-order valence-corrected chi connectivity index (χ3v) is 5.08. The average Bonchev–Trinajstić information content (AvgIpc) is 2.95. The second-order valence-corrected chi connectivity index (χ2v) is 6.18. The smallest absolute Gasteiger partial charge is 0.0465 e. The highest BCUT2D eigenvalue weighted by molar-refractivity contribution is 4.96. The van der Waals surface area contributed by atoms with Crippen LogP contribution < -0.4 is 5.32 Å². The summed E-state index contributed by atoms with van der Waals surface area (Å²) in [6.45, 7) is 6.65. The molecule has 1 N–H and O–H groups in total. The Hall–Kier alpha value is -0.0800. The Labute approximate surface area is 107 Å². The molecule has 2 nitrogen and oxygen atoms in total. The van der Waals surface area contributed by atoms with Crippen molar-refractivity contribution in [3.05, 3.63) is 0 Å². The van der Waals surface area contributed by atoms with Crippen molar-refractivity contribution in [3.8, 4) is 0 Å². The van der Waals surface area contributed by atoms with Crippen molar-refractivity contribution in [2.45, 2.75) is 52.0 Å². The van der Waals surface area contributed by atoms with Gasteiger partial charge >= 0.3 is 0 Å². The van der Waals surface area contributed by atoms with Crippen LogP contribution in [-0.4, -0.2) is 26.3 Å². The molecule has 0 aliphatic heterocycles. The quantitative estimate of drug-likeness (QED) is 0.737. The molecule has 2 aliphatic carbocycles. The summed E-state index contributed by atoms with van der Waals surface area (Å²) in [5.74, 6) is 3.77. The number of fused-ring (bicyclic) bond motifs is 2. The van der Waals surface area contributed by atoms with E-state index in [1.807, 2.05) is 7.11 Å². The Morgan fingerprint density at radius 1 is 1.29 bits per heavy atom. The predicted octanol–water partition coefficient (Wildman–Crippen LogP) is 3.07. The van der Waals surface area contributed by atoms with Crippen LogP contribution in [0.2, 0.25) is 0 Å². The van der Waals surface area contributed by atoms with Crippen LogP contribution in [0.1, 0.15) is 46.0 Å². The summed E-state index contributed by atoms with van der Waals surface area (Å²) in [6, 6.07) is 0.727. The van der Waals surface area contributed by atoms with Crippen LogP contribution in [0.25, 0.3) is 0 Å². The largest absolute Gasteiger partial charge is 0.385 e. The van der Waals surface area contributed by atoms with Crippen LogP contribution in [0.5, 0.6) is 0 Å². The molecule has 0 aromatic rings. The molecule has 0 radical (unpaired) electrons. The molecule has 5 atom stereocenters. The highest BCUT2D eigenvalue weighted by Crippen LogP contribution is 2.50. The fourth-order valence-corrected chi connectivity index (χ4v) is 4.23. The first kappa shape index (κ1) is 13.4. The zero-order chi connectivity index (χ0) is 12.3. The first-order valence-electron chi connectivity index (χ1n) is 7.48. The Morgan fingerprint density at radius 2 is 2.12 bits per heavy atom. The summed E-state index contributed by atoms with van der Waals surface area (Å²) in [6.07, 6.45) is 7.20. The van der Waals surface area contributed by atoms with Gasteiger partial charge in [-0.2, -0.15) is 0 Å². The first-order valence-corrected chi connectivity index (χ1v) is 7.48. The fraction of sp³-hybridized carbons (Fsp3) is 1.00. The van der Waals surface area contributed by atoms with E-state index >= 15 is 0 Å². The van der Waals surface area contributed by atoms with E-state index in [2.05, 4.69) is 19.2 Å². The maximum absolute atomic E-state index is 5.24. The van der Waals surface area contributed by atoms with Gasteiger partial charge in [-0.3, -0.25) is 0 Å². The zero-order valence-corrected chi connectivity index (χ0v) is 11.7. The topological polar surface area (TPSA) is 21.3 Å². The van der Waals surface area contributed by atoms with Gasteiger partial charge in [-0.05, 0) is 55.9 Å². The molecule has 0 aromatic carbocycles. The molecule has 2 heteroatoms. The summed E-state index contributed by atoms with van der Waals surface area (Å²) < 4.78 is 5.24. The molecule has 0 amide bonds. The maximum atomic E-state index is 5.24. The molecule has 2 aliphatic rings. The molecule has 17 heavy (non-hydrogen) atoms. The van der Waals surface area contributed by atoms with Crippen LogP contribution in [-0.2, 0) is 4.74 Å². The SMILES string of the molecule is CCNC(C(C)CCOC)C1CC2CCC1C2. The van der Waals surface area contributed by atoms with Crippen molar-refractivity contribution in [1.29, 1.82) is 0 Å². The molecule has 5 unspecified atom stereocenters. The Balaban J connectivity index is 1.91. The fourth-order valence-electron chi connectivity index (χ4n) is 4.23. The lowest BCUT2D eigenvalue weighted by Crippen LogP contribution is -2.43. The maximum Gasteiger partial charge on any atom is 0.0465 e. The van der Waals surface area contributed by atoms with Crippen molar-refractivity contribution in [1.82, 2.24) is 5.32 Å². The Kier molecular flexibility index (Phi) is 4.87. The predicted molar refractivity (Wildman–Crippen MR) is 72.1 cm³/mol. The highest BCUT2D eigenvalue weighted by Gasteiger charge is 2.43. The van der Waals surface area contributed by atoms with E-state index in [9.17, 15) is 0 Å². The van der Waals surface area contributed by atoms with E-state index in [1.165, 1.54) is 32.1 Å². The number of hydrogen-bond acceptors (Lipinski definition) is 2. The van der Waals surface area contributed by atoms with E-state index in [0.29, 0.717) is 0 Å². The molecule has 2 saturated carbocycles. The van der Waals surface area contributed by atoms with Crippen LogP contribution in [0.15, 0.2) is 0 Å². The average molecular weight is 239 g/mol. The van der Waals surface area contributed by atoms with Gasteiger partial charge in [0.2, 0.25) is 0 Å². The summed E-state index contributed by atoms with van der Waals surface area (Å²) in [5, 5.41) is 3.76. The van der Waals surface area contributed by atoms with Gasteiger partial charge in [0.25, 0.3) is 0 Å². The lowest BCUT2D eigenvalue weighted by molar-refractivity contribution is 0.142. The van der Waals surface area contributed by atoms with Gasteiger partial charge in [0.15, 0.2) is 0 Å². The van der Waals surface area contributed by atoms with Crippen molar-refractivity contribution in [3.63, 3.8) is 0 Å². The van der Waals surface area contributed by atoms with Gasteiger partial charge in [-0.1, -0.05) is 20.3 Å². The Bertz CT molecular complexity index is 231. The van der Waals surface area contributed by atoms with E-state index in [4.69, 9.17) is 4.74 Å². The van der Waals surface area contributed by atoms with E-state index in [0.717, 1.165) is 42.9 Å². The molecule has 2 rings (SSSR count). The van der Waals surface area contributed by atoms with E-state index < -0.39 is 0 Å². The summed E-state index contributed by atoms with van der Waals surface area (Å²) >= 11 is 0. The van der Waals surface area contributed by atoms with Gasteiger partial charge in [0.05, 0.1) is 0 Å². The number of rotatable bonds is 7. The highest BCUT2D eigenvalue weighted by atomic mass is 16.5. The molecule has 2 fully saturated rings. The van der Waals surface area contributed by atoms with Gasteiger partial charge < -0.3 is 10.1 Å². The number of nitrogens with one attached hydrogen (secondary N) is 1. The summed E-state index contributed by atoms with van der Waals surface area (Å²) in [4.78, 5) is 0. The molecule has 0 saturated heterocycles. The lowest BCUT2D eigenvalue weighted by atomic mass is 9.77. The summed E-state index contributed by atoms with van der Waals surface area (Å²) in [7, 11) is 1.81. The molecule has 2 bridgehead atoms. The third-order valence-electron chi connectivity index (χ3n) is 5.08. The third kappa shape index (κ3) is 3.03. The van der Waals surface area contributed by atoms with Crippen molar-refractivity contribution in [2.75, 3.05) is 20.3 Å². The number of hydrogen-bond donors (Lipinski definition) is 1.